The number of ether oxygens (including phenoxy) is 1. The Labute approximate surface area is 115 Å². The standard InChI is InChI=1S/C16H23NO2/c17-13-16(10-6-1-2-7-11-16)15(18)19-12-14-8-4-3-5-9-14/h3-5,8-9H,1-2,6-7,10-13,17H2. The average molecular weight is 261 g/mol. The van der Waals surface area contributed by atoms with E-state index in [1.807, 2.05) is 30.3 Å². The van der Waals surface area contributed by atoms with Crippen LogP contribution in [0.2, 0.25) is 0 Å². The van der Waals surface area contributed by atoms with Crippen molar-refractivity contribution < 1.29 is 9.53 Å². The molecule has 1 aromatic rings. The molecule has 19 heavy (non-hydrogen) atoms. The normalized spacial score (nSPS) is 18.6. The van der Waals surface area contributed by atoms with Crippen LogP contribution in [0.5, 0.6) is 0 Å². The molecular formula is C16H23NO2. The van der Waals surface area contributed by atoms with Gasteiger partial charge in [0.25, 0.3) is 0 Å². The molecule has 1 aliphatic rings. The fourth-order valence-electron chi connectivity index (χ4n) is 2.77. The highest BCUT2D eigenvalue weighted by atomic mass is 16.5. The van der Waals surface area contributed by atoms with E-state index in [4.69, 9.17) is 10.5 Å². The second kappa shape index (κ2) is 6.71. The predicted octanol–water partition coefficient (Wildman–Crippen LogP) is 3.03. The molecule has 2 rings (SSSR count). The van der Waals surface area contributed by atoms with Gasteiger partial charge in [-0.15, -0.1) is 0 Å². The largest absolute Gasteiger partial charge is 0.460 e. The molecule has 0 unspecified atom stereocenters. The van der Waals surface area contributed by atoms with E-state index >= 15 is 0 Å². The Morgan fingerprint density at radius 3 is 2.32 bits per heavy atom. The summed E-state index contributed by atoms with van der Waals surface area (Å²) in [5.74, 6) is -0.110. The maximum atomic E-state index is 12.4. The smallest absolute Gasteiger partial charge is 0.313 e. The lowest BCUT2D eigenvalue weighted by molar-refractivity contribution is -0.157. The Bertz CT molecular complexity index is 394. The van der Waals surface area contributed by atoms with Crippen LogP contribution in [-0.2, 0) is 16.1 Å². The highest BCUT2D eigenvalue weighted by Gasteiger charge is 2.38. The second-order valence-electron chi connectivity index (χ2n) is 5.46. The van der Waals surface area contributed by atoms with Crippen LogP contribution in [0.4, 0.5) is 0 Å². The van der Waals surface area contributed by atoms with Gasteiger partial charge in [-0.3, -0.25) is 4.79 Å². The molecule has 1 saturated carbocycles. The number of hydrogen-bond acceptors (Lipinski definition) is 3. The van der Waals surface area contributed by atoms with Gasteiger partial charge in [-0.1, -0.05) is 56.0 Å². The van der Waals surface area contributed by atoms with Gasteiger partial charge in [-0.25, -0.2) is 0 Å². The minimum atomic E-state index is -0.439. The van der Waals surface area contributed by atoms with E-state index in [1.165, 1.54) is 12.8 Å². The van der Waals surface area contributed by atoms with E-state index in [-0.39, 0.29) is 5.97 Å². The van der Waals surface area contributed by atoms with Crippen LogP contribution >= 0.6 is 0 Å². The van der Waals surface area contributed by atoms with Crippen molar-refractivity contribution in [3.63, 3.8) is 0 Å². The maximum Gasteiger partial charge on any atom is 0.313 e. The number of nitrogens with two attached hydrogens (primary N) is 1. The Morgan fingerprint density at radius 2 is 1.74 bits per heavy atom. The second-order valence-corrected chi connectivity index (χ2v) is 5.46. The number of carbonyl (C=O) groups excluding carboxylic acids is 1. The first-order chi connectivity index (χ1) is 9.27. The van der Waals surface area contributed by atoms with Gasteiger partial charge < -0.3 is 10.5 Å². The van der Waals surface area contributed by atoms with E-state index in [0.29, 0.717) is 13.2 Å². The minimum Gasteiger partial charge on any atom is -0.460 e. The highest BCUT2D eigenvalue weighted by molar-refractivity contribution is 5.77. The Hall–Kier alpha value is -1.35. The Balaban J connectivity index is 1.96. The van der Waals surface area contributed by atoms with Crippen LogP contribution in [0.25, 0.3) is 0 Å². The number of carbonyl (C=O) groups is 1. The number of benzene rings is 1. The van der Waals surface area contributed by atoms with Crippen LogP contribution in [0, 0.1) is 5.41 Å². The molecule has 1 aliphatic carbocycles. The zero-order valence-corrected chi connectivity index (χ0v) is 11.4. The lowest BCUT2D eigenvalue weighted by Crippen LogP contribution is -2.39. The van der Waals surface area contributed by atoms with Gasteiger partial charge in [0.1, 0.15) is 6.61 Å². The van der Waals surface area contributed by atoms with E-state index in [0.717, 1.165) is 31.2 Å². The molecule has 3 nitrogen and oxygen atoms in total. The molecule has 3 heteroatoms. The molecule has 2 N–H and O–H groups in total. The van der Waals surface area contributed by atoms with Crippen molar-refractivity contribution >= 4 is 5.97 Å². The van der Waals surface area contributed by atoms with Crippen molar-refractivity contribution in [1.29, 1.82) is 0 Å². The molecule has 0 radical (unpaired) electrons. The molecule has 1 aromatic carbocycles. The minimum absolute atomic E-state index is 0.110. The summed E-state index contributed by atoms with van der Waals surface area (Å²) in [6.07, 6.45) is 6.31. The number of rotatable bonds is 4. The third-order valence-corrected chi connectivity index (χ3v) is 4.10. The molecule has 0 atom stereocenters. The molecule has 104 valence electrons. The monoisotopic (exact) mass is 261 g/mol. The van der Waals surface area contributed by atoms with Crippen molar-refractivity contribution in [3.05, 3.63) is 35.9 Å². The third kappa shape index (κ3) is 3.57. The molecule has 1 fully saturated rings. The van der Waals surface area contributed by atoms with Crippen LogP contribution in [0.1, 0.15) is 44.1 Å². The first-order valence-corrected chi connectivity index (χ1v) is 7.18. The number of hydrogen-bond donors (Lipinski definition) is 1. The molecule has 0 amide bonds. The molecule has 0 heterocycles. The van der Waals surface area contributed by atoms with Crippen LogP contribution in [-0.4, -0.2) is 12.5 Å². The molecule has 0 spiro atoms. The summed E-state index contributed by atoms with van der Waals surface area (Å²) in [4.78, 5) is 12.4. The highest BCUT2D eigenvalue weighted by Crippen LogP contribution is 2.35. The topological polar surface area (TPSA) is 52.3 Å². The maximum absolute atomic E-state index is 12.4. The predicted molar refractivity (Wildman–Crippen MR) is 75.4 cm³/mol. The first-order valence-electron chi connectivity index (χ1n) is 7.18. The summed E-state index contributed by atoms with van der Waals surface area (Å²) >= 11 is 0. The quantitative estimate of drug-likeness (QED) is 0.669. The first kappa shape index (κ1) is 14.1. The molecule has 0 bridgehead atoms. The van der Waals surface area contributed by atoms with Crippen molar-refractivity contribution in [1.82, 2.24) is 0 Å². The van der Waals surface area contributed by atoms with Gasteiger partial charge in [0.15, 0.2) is 0 Å². The average Bonchev–Trinajstić information content (AvgIpc) is 2.72. The van der Waals surface area contributed by atoms with E-state index in [1.54, 1.807) is 0 Å². The lowest BCUT2D eigenvalue weighted by Gasteiger charge is -2.28. The van der Waals surface area contributed by atoms with E-state index in [9.17, 15) is 4.79 Å². The fourth-order valence-corrected chi connectivity index (χ4v) is 2.77. The molecule has 0 aromatic heterocycles. The zero-order chi connectivity index (χ0) is 13.6. The SMILES string of the molecule is NCC1(C(=O)OCc2ccccc2)CCCCCC1. The summed E-state index contributed by atoms with van der Waals surface area (Å²) in [7, 11) is 0. The summed E-state index contributed by atoms with van der Waals surface area (Å²) in [5.41, 5.74) is 6.46. The van der Waals surface area contributed by atoms with E-state index < -0.39 is 5.41 Å². The van der Waals surface area contributed by atoms with Gasteiger partial charge >= 0.3 is 5.97 Å². The van der Waals surface area contributed by atoms with Gasteiger partial charge in [-0.2, -0.15) is 0 Å². The van der Waals surface area contributed by atoms with Crippen molar-refractivity contribution in [3.8, 4) is 0 Å². The summed E-state index contributed by atoms with van der Waals surface area (Å²) in [5, 5.41) is 0. The summed E-state index contributed by atoms with van der Waals surface area (Å²) < 4.78 is 5.50. The van der Waals surface area contributed by atoms with Crippen molar-refractivity contribution in [2.45, 2.75) is 45.1 Å². The van der Waals surface area contributed by atoms with Gasteiger partial charge in [0, 0.05) is 6.54 Å². The van der Waals surface area contributed by atoms with Gasteiger partial charge in [0.05, 0.1) is 5.41 Å². The third-order valence-electron chi connectivity index (χ3n) is 4.10. The Morgan fingerprint density at radius 1 is 1.11 bits per heavy atom. The molecule has 0 aliphatic heterocycles. The van der Waals surface area contributed by atoms with Crippen molar-refractivity contribution in [2.24, 2.45) is 11.1 Å². The zero-order valence-electron chi connectivity index (χ0n) is 11.4. The molecular weight excluding hydrogens is 238 g/mol. The van der Waals surface area contributed by atoms with Gasteiger partial charge in [-0.05, 0) is 18.4 Å². The van der Waals surface area contributed by atoms with Crippen LogP contribution < -0.4 is 5.73 Å². The lowest BCUT2D eigenvalue weighted by atomic mass is 9.80. The fraction of sp³-hybridized carbons (Fsp3) is 0.562. The van der Waals surface area contributed by atoms with Gasteiger partial charge in [0.2, 0.25) is 0 Å². The van der Waals surface area contributed by atoms with E-state index in [2.05, 4.69) is 0 Å². The van der Waals surface area contributed by atoms with Crippen LogP contribution in [0.15, 0.2) is 30.3 Å². The summed E-state index contributed by atoms with van der Waals surface area (Å²) in [6.45, 7) is 0.752. The van der Waals surface area contributed by atoms with Crippen LogP contribution in [0.3, 0.4) is 0 Å². The van der Waals surface area contributed by atoms with Crippen molar-refractivity contribution in [2.75, 3.05) is 6.54 Å². The number of esters is 1. The summed E-state index contributed by atoms with van der Waals surface area (Å²) in [6, 6.07) is 9.80. The Kier molecular flexibility index (Phi) is 4.97. The molecule has 0 saturated heterocycles.